The van der Waals surface area contributed by atoms with Crippen LogP contribution in [0.3, 0.4) is 0 Å². The average molecular weight is 170 g/mol. The molecule has 0 unspecified atom stereocenters. The molecule has 6 heteroatoms. The van der Waals surface area contributed by atoms with Gasteiger partial charge in [-0.2, -0.15) is 0 Å². The molecule has 0 saturated carbocycles. The van der Waals surface area contributed by atoms with Crippen LogP contribution in [0.2, 0.25) is 0 Å². The number of phosphoric ester groups is 1. The molecular formula is C4H11O5P. The summed E-state index contributed by atoms with van der Waals surface area (Å²) in [7, 11) is -4.33. The standard InChI is InChI=1S/C4H11O5P/c1-4(5)2-3-9-10(6,7)8/h4-5H,2-3H2,1H3,(H2,6,7,8)/t4-/m0/s1. The number of hydrogen-bond acceptors (Lipinski definition) is 3. The van der Waals surface area contributed by atoms with E-state index in [0.29, 0.717) is 0 Å². The first kappa shape index (κ1) is 10.1. The van der Waals surface area contributed by atoms with Gasteiger partial charge in [-0.05, 0) is 13.3 Å². The molecule has 0 heterocycles. The maximum absolute atomic E-state index is 10.0. The van der Waals surface area contributed by atoms with Gasteiger partial charge in [0.05, 0.1) is 12.7 Å². The van der Waals surface area contributed by atoms with E-state index in [1.54, 1.807) is 0 Å². The van der Waals surface area contributed by atoms with Gasteiger partial charge >= 0.3 is 7.82 Å². The summed E-state index contributed by atoms with van der Waals surface area (Å²) in [4.78, 5) is 16.3. The number of aliphatic hydroxyl groups excluding tert-OH is 1. The highest BCUT2D eigenvalue weighted by Crippen LogP contribution is 2.35. The Morgan fingerprint density at radius 3 is 2.40 bits per heavy atom. The van der Waals surface area contributed by atoms with Crippen molar-refractivity contribution in [2.45, 2.75) is 19.4 Å². The Morgan fingerprint density at radius 1 is 1.60 bits per heavy atom. The zero-order valence-corrected chi connectivity index (χ0v) is 6.49. The molecule has 62 valence electrons. The Labute approximate surface area is 58.9 Å². The summed E-state index contributed by atoms with van der Waals surface area (Å²) in [6.07, 6.45) is -0.364. The topological polar surface area (TPSA) is 87.0 Å². The lowest BCUT2D eigenvalue weighted by molar-refractivity contribution is 0.135. The normalized spacial score (nSPS) is 15.2. The number of rotatable bonds is 4. The zero-order chi connectivity index (χ0) is 8.20. The highest BCUT2D eigenvalue weighted by Gasteiger charge is 2.12. The molecule has 0 aliphatic heterocycles. The van der Waals surface area contributed by atoms with E-state index >= 15 is 0 Å². The molecule has 0 fully saturated rings. The molecule has 0 aromatic heterocycles. The van der Waals surface area contributed by atoms with Crippen molar-refractivity contribution in [2.75, 3.05) is 6.61 Å². The minimum Gasteiger partial charge on any atom is -0.393 e. The Hall–Kier alpha value is 0.0700. The molecule has 0 spiro atoms. The van der Waals surface area contributed by atoms with Crippen LogP contribution >= 0.6 is 7.82 Å². The summed E-state index contributed by atoms with van der Waals surface area (Å²) in [5.74, 6) is 0. The van der Waals surface area contributed by atoms with Crippen molar-refractivity contribution in [2.24, 2.45) is 0 Å². The van der Waals surface area contributed by atoms with Crippen molar-refractivity contribution in [1.82, 2.24) is 0 Å². The van der Waals surface area contributed by atoms with E-state index in [2.05, 4.69) is 4.52 Å². The third-order valence-corrected chi connectivity index (χ3v) is 1.31. The Balaban J connectivity index is 3.30. The lowest BCUT2D eigenvalue weighted by Gasteiger charge is -2.05. The van der Waals surface area contributed by atoms with Gasteiger partial charge in [0.15, 0.2) is 0 Å². The monoisotopic (exact) mass is 170 g/mol. The summed E-state index contributed by atoms with van der Waals surface area (Å²) in [6, 6.07) is 0. The first-order valence-electron chi connectivity index (χ1n) is 2.80. The van der Waals surface area contributed by atoms with Crippen molar-refractivity contribution in [3.05, 3.63) is 0 Å². The molecule has 0 radical (unpaired) electrons. The van der Waals surface area contributed by atoms with Crippen LogP contribution in [0.4, 0.5) is 0 Å². The second-order valence-electron chi connectivity index (χ2n) is 1.96. The van der Waals surface area contributed by atoms with Crippen LogP contribution in [0.1, 0.15) is 13.3 Å². The van der Waals surface area contributed by atoms with Gasteiger partial charge in [0.25, 0.3) is 0 Å². The molecule has 0 rings (SSSR count). The van der Waals surface area contributed by atoms with Crippen LogP contribution in [0.15, 0.2) is 0 Å². The molecule has 0 bridgehead atoms. The van der Waals surface area contributed by atoms with E-state index in [1.807, 2.05) is 0 Å². The third-order valence-electron chi connectivity index (χ3n) is 0.795. The van der Waals surface area contributed by atoms with Crippen LogP contribution in [-0.2, 0) is 9.09 Å². The van der Waals surface area contributed by atoms with Gasteiger partial charge in [-0.15, -0.1) is 0 Å². The molecule has 0 aliphatic rings. The molecule has 0 saturated heterocycles. The smallest absolute Gasteiger partial charge is 0.393 e. The van der Waals surface area contributed by atoms with Crippen LogP contribution in [0.25, 0.3) is 0 Å². The van der Waals surface area contributed by atoms with Gasteiger partial charge in [0.1, 0.15) is 0 Å². The zero-order valence-electron chi connectivity index (χ0n) is 5.60. The van der Waals surface area contributed by atoms with Crippen molar-refractivity contribution in [3.8, 4) is 0 Å². The summed E-state index contributed by atoms with van der Waals surface area (Å²) in [6.45, 7) is 1.39. The first-order valence-corrected chi connectivity index (χ1v) is 4.33. The number of aliphatic hydroxyl groups is 1. The fraction of sp³-hybridized carbons (Fsp3) is 1.00. The maximum Gasteiger partial charge on any atom is 0.469 e. The Bertz CT molecular complexity index is 128. The molecule has 3 N–H and O–H groups in total. The Morgan fingerprint density at radius 2 is 2.10 bits per heavy atom. The highest BCUT2D eigenvalue weighted by atomic mass is 31.2. The largest absolute Gasteiger partial charge is 0.469 e. The minimum atomic E-state index is -4.33. The fourth-order valence-electron chi connectivity index (χ4n) is 0.342. The van der Waals surface area contributed by atoms with E-state index in [-0.39, 0.29) is 13.0 Å². The van der Waals surface area contributed by atoms with E-state index in [0.717, 1.165) is 0 Å². The number of phosphoric acid groups is 1. The fourth-order valence-corrected chi connectivity index (χ4v) is 0.685. The lowest BCUT2D eigenvalue weighted by atomic mass is 10.3. The minimum absolute atomic E-state index is 0.123. The average Bonchev–Trinajstić information content (AvgIpc) is 1.59. The SMILES string of the molecule is C[C@H](O)CCOP(=O)(O)O. The predicted molar refractivity (Wildman–Crippen MR) is 34.3 cm³/mol. The second kappa shape index (κ2) is 4.05. The number of hydrogen-bond donors (Lipinski definition) is 3. The predicted octanol–water partition coefficient (Wildman–Crippen LogP) is -0.133. The molecule has 0 aliphatic carbocycles. The van der Waals surface area contributed by atoms with E-state index < -0.39 is 13.9 Å². The van der Waals surface area contributed by atoms with Crippen molar-refractivity contribution in [1.29, 1.82) is 0 Å². The van der Waals surface area contributed by atoms with E-state index in [1.165, 1.54) is 6.92 Å². The van der Waals surface area contributed by atoms with Gasteiger partial charge in [0.2, 0.25) is 0 Å². The highest BCUT2D eigenvalue weighted by molar-refractivity contribution is 7.46. The summed E-state index contributed by atoms with van der Waals surface area (Å²) in [5, 5.41) is 8.62. The van der Waals surface area contributed by atoms with Gasteiger partial charge in [-0.25, -0.2) is 4.57 Å². The summed E-state index contributed by atoms with van der Waals surface area (Å²) < 4.78 is 14.1. The van der Waals surface area contributed by atoms with Crippen LogP contribution < -0.4 is 0 Å². The molecule has 0 amide bonds. The van der Waals surface area contributed by atoms with Gasteiger partial charge in [0, 0.05) is 0 Å². The maximum atomic E-state index is 10.0. The van der Waals surface area contributed by atoms with Crippen molar-refractivity contribution in [3.63, 3.8) is 0 Å². The molecule has 1 atom stereocenters. The van der Waals surface area contributed by atoms with Crippen LogP contribution in [0.5, 0.6) is 0 Å². The summed E-state index contributed by atoms with van der Waals surface area (Å²) in [5.41, 5.74) is 0. The quantitative estimate of drug-likeness (QED) is 0.511. The second-order valence-corrected chi connectivity index (χ2v) is 3.20. The molecule has 10 heavy (non-hydrogen) atoms. The van der Waals surface area contributed by atoms with Crippen LogP contribution in [-0.4, -0.2) is 27.6 Å². The first-order chi connectivity index (χ1) is 4.42. The van der Waals surface area contributed by atoms with Gasteiger partial charge in [-0.1, -0.05) is 0 Å². The van der Waals surface area contributed by atoms with Crippen molar-refractivity contribution >= 4 is 7.82 Å². The van der Waals surface area contributed by atoms with E-state index in [4.69, 9.17) is 14.9 Å². The van der Waals surface area contributed by atoms with E-state index in [9.17, 15) is 4.57 Å². The molecule has 0 aromatic rings. The summed E-state index contributed by atoms with van der Waals surface area (Å²) >= 11 is 0. The third kappa shape index (κ3) is 8.07. The van der Waals surface area contributed by atoms with Gasteiger partial charge < -0.3 is 14.9 Å². The molecule has 0 aromatic carbocycles. The molecule has 5 nitrogen and oxygen atoms in total. The lowest BCUT2D eigenvalue weighted by Crippen LogP contribution is -2.04. The van der Waals surface area contributed by atoms with Gasteiger partial charge in [-0.3, -0.25) is 4.52 Å². The Kier molecular flexibility index (Phi) is 4.08. The molecular weight excluding hydrogens is 159 g/mol. The van der Waals surface area contributed by atoms with Crippen molar-refractivity contribution < 1.29 is 24.0 Å². The van der Waals surface area contributed by atoms with Crippen LogP contribution in [0, 0.1) is 0 Å².